The quantitative estimate of drug-likeness (QED) is 0.892. The molecule has 1 unspecified atom stereocenters. The second kappa shape index (κ2) is 7.42. The van der Waals surface area contributed by atoms with E-state index in [1.165, 1.54) is 0 Å². The van der Waals surface area contributed by atoms with Gasteiger partial charge in [0, 0.05) is 18.7 Å². The number of para-hydroxylation sites is 1. The summed E-state index contributed by atoms with van der Waals surface area (Å²) in [5.41, 5.74) is 0.982. The number of benzene rings is 1. The van der Waals surface area contributed by atoms with Gasteiger partial charge in [-0.05, 0) is 49.9 Å². The Balaban J connectivity index is 1.55. The van der Waals surface area contributed by atoms with Crippen LogP contribution in [0.1, 0.15) is 26.2 Å². The van der Waals surface area contributed by atoms with E-state index in [1.54, 1.807) is 4.68 Å². The van der Waals surface area contributed by atoms with Crippen molar-refractivity contribution in [2.45, 2.75) is 26.2 Å². The number of aromatic nitrogens is 2. The highest BCUT2D eigenvalue weighted by atomic mass is 16.1. The Hall–Kier alpha value is -2.14. The summed E-state index contributed by atoms with van der Waals surface area (Å²) in [6.45, 7) is 4.31. The van der Waals surface area contributed by atoms with Gasteiger partial charge in [0.2, 0.25) is 5.91 Å². The molecular weight excluding hydrogens is 288 g/mol. The number of nitrogens with one attached hydrogen (secondary N) is 2. The zero-order valence-corrected chi connectivity index (χ0v) is 13.5. The maximum Gasteiger partial charge on any atom is 0.225 e. The fraction of sp³-hybridized carbons (Fsp3) is 0.444. The molecule has 1 saturated heterocycles. The number of hydrogen-bond acceptors (Lipinski definition) is 3. The van der Waals surface area contributed by atoms with Crippen molar-refractivity contribution in [2.75, 3.05) is 18.4 Å². The SMILES string of the molecule is CC(CC(=O)Nc1ccn(-c2ccccc2)n1)C1CCNCC1. The topological polar surface area (TPSA) is 59.0 Å². The van der Waals surface area contributed by atoms with Crippen LogP contribution < -0.4 is 10.6 Å². The molecule has 1 aromatic heterocycles. The lowest BCUT2D eigenvalue weighted by Crippen LogP contribution is -2.32. The smallest absolute Gasteiger partial charge is 0.225 e. The Bertz CT molecular complexity index is 631. The van der Waals surface area contributed by atoms with E-state index in [4.69, 9.17) is 0 Å². The first-order valence-electron chi connectivity index (χ1n) is 8.34. The molecule has 5 nitrogen and oxygen atoms in total. The summed E-state index contributed by atoms with van der Waals surface area (Å²) < 4.78 is 1.77. The van der Waals surface area contributed by atoms with Crippen LogP contribution >= 0.6 is 0 Å². The summed E-state index contributed by atoms with van der Waals surface area (Å²) in [4.78, 5) is 12.2. The molecule has 2 heterocycles. The third-order valence-electron chi connectivity index (χ3n) is 4.57. The van der Waals surface area contributed by atoms with Gasteiger partial charge in [-0.1, -0.05) is 25.1 Å². The van der Waals surface area contributed by atoms with E-state index in [-0.39, 0.29) is 5.91 Å². The van der Waals surface area contributed by atoms with Crippen molar-refractivity contribution < 1.29 is 4.79 Å². The van der Waals surface area contributed by atoms with Gasteiger partial charge in [0.15, 0.2) is 5.82 Å². The molecule has 1 aromatic carbocycles. The van der Waals surface area contributed by atoms with Crippen LogP contribution in [0, 0.1) is 11.8 Å². The highest BCUT2D eigenvalue weighted by Crippen LogP contribution is 2.24. The van der Waals surface area contributed by atoms with Gasteiger partial charge in [-0.2, -0.15) is 5.10 Å². The lowest BCUT2D eigenvalue weighted by Gasteiger charge is -2.27. The first kappa shape index (κ1) is 15.7. The van der Waals surface area contributed by atoms with Gasteiger partial charge in [-0.3, -0.25) is 4.79 Å². The standard InChI is InChI=1S/C18H24N4O/c1-14(15-7-10-19-11-8-15)13-18(23)20-17-9-12-22(21-17)16-5-3-2-4-6-16/h2-6,9,12,14-15,19H,7-8,10-11,13H2,1H3,(H,20,21,23). The lowest BCUT2D eigenvalue weighted by molar-refractivity contribution is -0.117. The molecule has 5 heteroatoms. The van der Waals surface area contributed by atoms with Crippen molar-refractivity contribution in [3.05, 3.63) is 42.6 Å². The summed E-state index contributed by atoms with van der Waals surface area (Å²) >= 11 is 0. The molecular formula is C18H24N4O. The summed E-state index contributed by atoms with van der Waals surface area (Å²) in [5.74, 6) is 1.71. The molecule has 23 heavy (non-hydrogen) atoms. The summed E-state index contributed by atoms with van der Waals surface area (Å²) in [6, 6.07) is 11.7. The molecule has 0 bridgehead atoms. The van der Waals surface area contributed by atoms with Crippen LogP contribution in [0.15, 0.2) is 42.6 Å². The van der Waals surface area contributed by atoms with E-state index < -0.39 is 0 Å². The second-order valence-electron chi connectivity index (χ2n) is 6.30. The van der Waals surface area contributed by atoms with Crippen molar-refractivity contribution in [1.82, 2.24) is 15.1 Å². The second-order valence-corrected chi connectivity index (χ2v) is 6.30. The van der Waals surface area contributed by atoms with Crippen LogP contribution in [-0.2, 0) is 4.79 Å². The number of nitrogens with zero attached hydrogens (tertiary/aromatic N) is 2. The van der Waals surface area contributed by atoms with Gasteiger partial charge in [0.1, 0.15) is 0 Å². The van der Waals surface area contributed by atoms with E-state index in [1.807, 2.05) is 42.6 Å². The van der Waals surface area contributed by atoms with E-state index in [9.17, 15) is 4.79 Å². The van der Waals surface area contributed by atoms with Crippen molar-refractivity contribution >= 4 is 11.7 Å². The maximum absolute atomic E-state index is 12.2. The number of rotatable bonds is 5. The first-order chi connectivity index (χ1) is 11.2. The molecule has 2 N–H and O–H groups in total. The minimum atomic E-state index is 0.0503. The van der Waals surface area contributed by atoms with Gasteiger partial charge in [0.25, 0.3) is 0 Å². The van der Waals surface area contributed by atoms with Gasteiger partial charge in [-0.15, -0.1) is 0 Å². The number of hydrogen-bond donors (Lipinski definition) is 2. The molecule has 0 aliphatic carbocycles. The van der Waals surface area contributed by atoms with E-state index in [0.717, 1.165) is 31.6 Å². The maximum atomic E-state index is 12.2. The number of carbonyl (C=O) groups is 1. The van der Waals surface area contributed by atoms with Crippen molar-refractivity contribution in [1.29, 1.82) is 0 Å². The summed E-state index contributed by atoms with van der Waals surface area (Å²) in [7, 11) is 0. The molecule has 0 saturated carbocycles. The average molecular weight is 312 g/mol. The average Bonchev–Trinajstić information content (AvgIpc) is 3.04. The molecule has 1 fully saturated rings. The highest BCUT2D eigenvalue weighted by Gasteiger charge is 2.22. The highest BCUT2D eigenvalue weighted by molar-refractivity contribution is 5.89. The van der Waals surface area contributed by atoms with E-state index in [2.05, 4.69) is 22.7 Å². The van der Waals surface area contributed by atoms with Crippen LogP contribution in [0.4, 0.5) is 5.82 Å². The number of amides is 1. The molecule has 0 radical (unpaired) electrons. The molecule has 1 aliphatic heterocycles. The normalized spacial score (nSPS) is 16.9. The molecule has 1 amide bonds. The predicted molar refractivity (Wildman–Crippen MR) is 91.6 cm³/mol. The Labute approximate surface area is 137 Å². The van der Waals surface area contributed by atoms with Gasteiger partial charge in [0.05, 0.1) is 5.69 Å². The van der Waals surface area contributed by atoms with Crippen LogP contribution in [0.3, 0.4) is 0 Å². The molecule has 2 aromatic rings. The number of piperidine rings is 1. The fourth-order valence-corrected chi connectivity index (χ4v) is 3.18. The summed E-state index contributed by atoms with van der Waals surface area (Å²) in [5, 5.41) is 10.7. The summed E-state index contributed by atoms with van der Waals surface area (Å²) in [6.07, 6.45) is 4.75. The van der Waals surface area contributed by atoms with Crippen LogP contribution in [0.2, 0.25) is 0 Å². The minimum Gasteiger partial charge on any atom is -0.317 e. The van der Waals surface area contributed by atoms with Gasteiger partial charge in [-0.25, -0.2) is 4.68 Å². The molecule has 3 rings (SSSR count). The Morgan fingerprint density at radius 1 is 1.30 bits per heavy atom. The number of carbonyl (C=O) groups excluding carboxylic acids is 1. The number of anilines is 1. The van der Waals surface area contributed by atoms with Crippen molar-refractivity contribution in [2.24, 2.45) is 11.8 Å². The zero-order chi connectivity index (χ0) is 16.1. The van der Waals surface area contributed by atoms with Crippen LogP contribution in [0.5, 0.6) is 0 Å². The third kappa shape index (κ3) is 4.20. The lowest BCUT2D eigenvalue weighted by atomic mass is 9.84. The Morgan fingerprint density at radius 3 is 2.78 bits per heavy atom. The van der Waals surface area contributed by atoms with E-state index in [0.29, 0.717) is 24.1 Å². The third-order valence-corrected chi connectivity index (χ3v) is 4.57. The van der Waals surface area contributed by atoms with Gasteiger partial charge < -0.3 is 10.6 Å². The predicted octanol–water partition coefficient (Wildman–Crippen LogP) is 2.84. The zero-order valence-electron chi connectivity index (χ0n) is 13.5. The molecule has 0 spiro atoms. The van der Waals surface area contributed by atoms with Crippen LogP contribution in [-0.4, -0.2) is 28.8 Å². The molecule has 1 atom stereocenters. The Morgan fingerprint density at radius 2 is 2.04 bits per heavy atom. The molecule has 1 aliphatic rings. The minimum absolute atomic E-state index is 0.0503. The fourth-order valence-electron chi connectivity index (χ4n) is 3.18. The van der Waals surface area contributed by atoms with E-state index >= 15 is 0 Å². The Kier molecular flexibility index (Phi) is 5.08. The first-order valence-corrected chi connectivity index (χ1v) is 8.34. The largest absolute Gasteiger partial charge is 0.317 e. The van der Waals surface area contributed by atoms with Crippen LogP contribution in [0.25, 0.3) is 5.69 Å². The van der Waals surface area contributed by atoms with Crippen molar-refractivity contribution in [3.8, 4) is 5.69 Å². The van der Waals surface area contributed by atoms with Crippen molar-refractivity contribution in [3.63, 3.8) is 0 Å². The molecule has 122 valence electrons. The monoisotopic (exact) mass is 312 g/mol. The van der Waals surface area contributed by atoms with Gasteiger partial charge >= 0.3 is 0 Å².